The second kappa shape index (κ2) is 12.8. The summed E-state index contributed by atoms with van der Waals surface area (Å²) >= 11 is 23.5. The molecular weight excluding hydrogens is 444 g/mol. The molecule has 0 heterocycles. The van der Waals surface area contributed by atoms with E-state index in [0.717, 1.165) is 18.4 Å². The minimum absolute atomic E-state index is 0.131. The van der Waals surface area contributed by atoms with Gasteiger partial charge in [0, 0.05) is 12.1 Å². The molecule has 0 bridgehead atoms. The van der Waals surface area contributed by atoms with Crippen LogP contribution in [0, 0.1) is 0 Å². The minimum Gasteiger partial charge on any atom is -0.490 e. The lowest BCUT2D eigenvalue weighted by Crippen LogP contribution is -2.01. The molecule has 0 saturated heterocycles. The molecule has 2 rings (SSSR count). The molecule has 0 unspecified atom stereocenters. The molecule has 0 radical (unpaired) electrons. The van der Waals surface area contributed by atoms with Gasteiger partial charge in [0.2, 0.25) is 0 Å². The normalized spacial score (nSPS) is 10.7. The number of ether oxygens (including phenoxy) is 2. The van der Waals surface area contributed by atoms with Crippen LogP contribution < -0.4 is 9.47 Å². The van der Waals surface area contributed by atoms with Crippen molar-refractivity contribution >= 4 is 52.6 Å². The van der Waals surface area contributed by atoms with Crippen LogP contribution in [-0.2, 0) is 4.84 Å². The minimum atomic E-state index is 0.131. The third-order valence-corrected chi connectivity index (χ3v) is 4.28. The van der Waals surface area contributed by atoms with E-state index < -0.39 is 0 Å². The maximum atomic E-state index is 6.21. The molecular formula is C20H19Cl4NO3. The van der Waals surface area contributed by atoms with Crippen molar-refractivity contribution in [3.8, 4) is 11.5 Å². The molecule has 28 heavy (non-hydrogen) atoms. The summed E-state index contributed by atoms with van der Waals surface area (Å²) < 4.78 is 11.3. The zero-order valence-corrected chi connectivity index (χ0v) is 17.9. The van der Waals surface area contributed by atoms with Crippen LogP contribution in [0.2, 0.25) is 10.0 Å². The Morgan fingerprint density at radius 2 is 1.61 bits per heavy atom. The van der Waals surface area contributed by atoms with E-state index in [1.807, 2.05) is 30.3 Å². The number of hydrogen-bond acceptors (Lipinski definition) is 4. The Balaban J connectivity index is 1.68. The molecule has 0 aliphatic heterocycles. The summed E-state index contributed by atoms with van der Waals surface area (Å²) in [5.74, 6) is 0.919. The Hall–Kier alpha value is -1.59. The van der Waals surface area contributed by atoms with Gasteiger partial charge in [0.1, 0.15) is 23.5 Å². The van der Waals surface area contributed by atoms with Crippen LogP contribution in [0.4, 0.5) is 0 Å². The lowest BCUT2D eigenvalue weighted by Gasteiger charge is -2.12. The van der Waals surface area contributed by atoms with Crippen molar-refractivity contribution < 1.29 is 14.3 Å². The Bertz CT molecular complexity index is 770. The van der Waals surface area contributed by atoms with E-state index in [9.17, 15) is 0 Å². The SMILES string of the molecule is ClC(Cl)=CCOc1cc(Cl)c(OCCCCO/N=C/c2ccccc2)c(Cl)c1. The van der Waals surface area contributed by atoms with E-state index >= 15 is 0 Å². The smallest absolute Gasteiger partial charge is 0.156 e. The van der Waals surface area contributed by atoms with Gasteiger partial charge in [-0.05, 0) is 24.5 Å². The summed E-state index contributed by atoms with van der Waals surface area (Å²) in [4.78, 5) is 5.23. The maximum Gasteiger partial charge on any atom is 0.156 e. The van der Waals surface area contributed by atoms with Gasteiger partial charge in [0.15, 0.2) is 5.75 Å². The molecule has 2 aromatic rings. The first-order chi connectivity index (χ1) is 13.6. The van der Waals surface area contributed by atoms with Crippen molar-refractivity contribution in [2.24, 2.45) is 5.16 Å². The van der Waals surface area contributed by atoms with E-state index in [2.05, 4.69) is 5.16 Å². The van der Waals surface area contributed by atoms with Crippen molar-refractivity contribution in [2.45, 2.75) is 12.8 Å². The molecule has 0 fully saturated rings. The lowest BCUT2D eigenvalue weighted by molar-refractivity contribution is 0.137. The molecule has 0 N–H and O–H groups in total. The number of oxime groups is 1. The van der Waals surface area contributed by atoms with Crippen molar-refractivity contribution in [1.29, 1.82) is 0 Å². The fraction of sp³-hybridized carbons (Fsp3) is 0.250. The Labute approximate surface area is 184 Å². The summed E-state index contributed by atoms with van der Waals surface area (Å²) in [6.45, 7) is 1.16. The fourth-order valence-electron chi connectivity index (χ4n) is 2.09. The number of hydrogen-bond donors (Lipinski definition) is 0. The first-order valence-electron chi connectivity index (χ1n) is 8.52. The zero-order valence-electron chi connectivity index (χ0n) is 14.9. The summed E-state index contributed by atoms with van der Waals surface area (Å²) in [6, 6.07) is 13.0. The second-order valence-electron chi connectivity index (χ2n) is 5.55. The van der Waals surface area contributed by atoms with Crippen LogP contribution in [0.5, 0.6) is 11.5 Å². The van der Waals surface area contributed by atoms with Crippen molar-refractivity contribution in [3.63, 3.8) is 0 Å². The zero-order chi connectivity index (χ0) is 20.2. The number of nitrogens with zero attached hydrogens (tertiary/aromatic N) is 1. The third kappa shape index (κ3) is 8.61. The highest BCUT2D eigenvalue weighted by Gasteiger charge is 2.10. The molecule has 4 nitrogen and oxygen atoms in total. The Morgan fingerprint density at radius 3 is 2.29 bits per heavy atom. The Morgan fingerprint density at radius 1 is 0.929 bits per heavy atom. The molecule has 8 heteroatoms. The van der Waals surface area contributed by atoms with Crippen molar-refractivity contribution in [1.82, 2.24) is 0 Å². The average molecular weight is 463 g/mol. The Kier molecular flexibility index (Phi) is 10.4. The largest absolute Gasteiger partial charge is 0.490 e. The molecule has 0 aliphatic carbocycles. The topological polar surface area (TPSA) is 40.0 Å². The summed E-state index contributed by atoms with van der Waals surface area (Å²) in [7, 11) is 0. The first-order valence-corrected chi connectivity index (χ1v) is 10.0. The van der Waals surface area contributed by atoms with Gasteiger partial charge in [-0.3, -0.25) is 0 Å². The highest BCUT2D eigenvalue weighted by Crippen LogP contribution is 2.37. The van der Waals surface area contributed by atoms with Crippen LogP contribution in [0.1, 0.15) is 18.4 Å². The van der Waals surface area contributed by atoms with E-state index in [0.29, 0.717) is 34.8 Å². The molecule has 0 atom stereocenters. The van der Waals surface area contributed by atoms with E-state index in [1.54, 1.807) is 18.3 Å². The number of unbranched alkanes of at least 4 members (excludes halogenated alkanes) is 1. The van der Waals surface area contributed by atoms with Crippen LogP contribution >= 0.6 is 46.4 Å². The summed E-state index contributed by atoms with van der Waals surface area (Å²) in [5.41, 5.74) is 0.990. The first kappa shape index (κ1) is 22.7. The third-order valence-electron chi connectivity index (χ3n) is 3.41. The highest BCUT2D eigenvalue weighted by molar-refractivity contribution is 6.55. The molecule has 0 saturated carbocycles. The van der Waals surface area contributed by atoms with Gasteiger partial charge in [-0.15, -0.1) is 0 Å². The van der Waals surface area contributed by atoms with Gasteiger partial charge < -0.3 is 14.3 Å². The van der Waals surface area contributed by atoms with E-state index in [4.69, 9.17) is 60.7 Å². The standard InChI is InChI=1S/C20H19Cl4NO3/c21-17-12-16(26-11-8-19(23)24)13-18(22)20(17)27-9-4-5-10-28-25-14-15-6-2-1-3-7-15/h1-3,6-8,12-14H,4-5,9-11H2/b25-14+. The van der Waals surface area contributed by atoms with Crippen LogP contribution in [0.25, 0.3) is 0 Å². The lowest BCUT2D eigenvalue weighted by atomic mass is 10.2. The molecule has 0 aromatic heterocycles. The average Bonchev–Trinajstić information content (AvgIpc) is 2.66. The monoisotopic (exact) mass is 461 g/mol. The molecule has 0 spiro atoms. The van der Waals surface area contributed by atoms with Crippen molar-refractivity contribution in [2.75, 3.05) is 19.8 Å². The number of rotatable bonds is 11. The predicted octanol–water partition coefficient (Wildman–Crippen LogP) is 6.90. The van der Waals surface area contributed by atoms with E-state index in [-0.39, 0.29) is 11.1 Å². The number of halogens is 4. The van der Waals surface area contributed by atoms with Crippen LogP contribution in [-0.4, -0.2) is 26.0 Å². The van der Waals surface area contributed by atoms with E-state index in [1.165, 1.54) is 6.08 Å². The van der Waals surface area contributed by atoms with Gasteiger partial charge in [0.05, 0.1) is 22.9 Å². The van der Waals surface area contributed by atoms with Gasteiger partial charge in [-0.25, -0.2) is 0 Å². The fourth-order valence-corrected chi connectivity index (χ4v) is 2.79. The second-order valence-corrected chi connectivity index (χ2v) is 7.38. The highest BCUT2D eigenvalue weighted by atomic mass is 35.5. The van der Waals surface area contributed by atoms with Crippen LogP contribution in [0.3, 0.4) is 0 Å². The van der Waals surface area contributed by atoms with Gasteiger partial charge >= 0.3 is 0 Å². The van der Waals surface area contributed by atoms with Gasteiger partial charge in [-0.2, -0.15) is 0 Å². The predicted molar refractivity (Wildman–Crippen MR) is 116 cm³/mol. The molecule has 0 amide bonds. The van der Waals surface area contributed by atoms with Gasteiger partial charge in [0.25, 0.3) is 0 Å². The summed E-state index contributed by atoms with van der Waals surface area (Å²) in [6.07, 6.45) is 4.75. The van der Waals surface area contributed by atoms with Crippen LogP contribution in [0.15, 0.2) is 58.2 Å². The molecule has 2 aromatic carbocycles. The van der Waals surface area contributed by atoms with Crippen molar-refractivity contribution in [3.05, 3.63) is 68.6 Å². The molecule has 0 aliphatic rings. The maximum absolute atomic E-state index is 6.21. The number of benzene rings is 2. The van der Waals surface area contributed by atoms with Gasteiger partial charge in [-0.1, -0.05) is 81.9 Å². The summed E-state index contributed by atoms with van der Waals surface area (Å²) in [5, 5.41) is 4.66. The molecule has 150 valence electrons. The quantitative estimate of drug-likeness (QED) is 0.207.